The highest BCUT2D eigenvalue weighted by Crippen LogP contribution is 2.28. The number of rotatable bonds is 11. The zero-order valence-corrected chi connectivity index (χ0v) is 27.2. The number of halogens is 1. The molecule has 0 bridgehead atoms. The van der Waals surface area contributed by atoms with Gasteiger partial charge in [-0.15, -0.1) is 0 Å². The maximum absolute atomic E-state index is 13.4. The second-order valence-corrected chi connectivity index (χ2v) is 12.1. The Morgan fingerprint density at radius 2 is 1.49 bits per heavy atom. The van der Waals surface area contributed by atoms with Crippen molar-refractivity contribution in [2.45, 2.75) is 58.3 Å². The number of nitrogens with zero attached hydrogens (tertiary/aromatic N) is 5. The Bertz CT molecular complexity index is 1560. The average molecular weight is 631 g/mol. The molecule has 0 aliphatic carbocycles. The summed E-state index contributed by atoms with van der Waals surface area (Å²) in [7, 11) is 3.21. The first kappa shape index (κ1) is 33.2. The molecular formula is C34H39ClN6O4. The Morgan fingerprint density at radius 1 is 0.867 bits per heavy atom. The lowest BCUT2D eigenvalue weighted by molar-refractivity contribution is -0.155. The number of carbonyl (C=O) groups excluding carboxylic acids is 2. The van der Waals surface area contributed by atoms with E-state index in [1.165, 1.54) is 4.90 Å². The summed E-state index contributed by atoms with van der Waals surface area (Å²) in [5.41, 5.74) is 2.22. The second-order valence-electron chi connectivity index (χ2n) is 11.8. The Morgan fingerprint density at radius 3 is 2.09 bits per heavy atom. The van der Waals surface area contributed by atoms with Crippen molar-refractivity contribution in [3.63, 3.8) is 0 Å². The number of carbonyl (C=O) groups is 2. The molecule has 1 aromatic heterocycles. The molecule has 0 spiro atoms. The molecule has 1 N–H and O–H groups in total. The topological polar surface area (TPSA) is 110 Å². The lowest BCUT2D eigenvalue weighted by Crippen LogP contribution is -2.38. The first-order valence-electron chi connectivity index (χ1n) is 14.6. The van der Waals surface area contributed by atoms with E-state index in [9.17, 15) is 9.59 Å². The third kappa shape index (κ3) is 9.90. The van der Waals surface area contributed by atoms with Crippen LogP contribution in [0.4, 0.5) is 16.7 Å². The van der Waals surface area contributed by atoms with Gasteiger partial charge in [0.15, 0.2) is 0 Å². The molecule has 3 aromatic carbocycles. The normalized spacial score (nSPS) is 12.5. The minimum Gasteiger partial charge on any atom is -0.458 e. The molecule has 0 radical (unpaired) electrons. The summed E-state index contributed by atoms with van der Waals surface area (Å²) in [6, 6.07) is 26.0. The van der Waals surface area contributed by atoms with Crippen molar-refractivity contribution in [2.75, 3.05) is 24.3 Å². The van der Waals surface area contributed by atoms with Crippen LogP contribution in [0, 0.1) is 0 Å². The summed E-state index contributed by atoms with van der Waals surface area (Å²) in [6.45, 7) is 8.00. The molecule has 1 unspecified atom stereocenters. The zero-order valence-electron chi connectivity index (χ0n) is 26.4. The standard InChI is InChI=1S/C34H39ClN6O4/c1-23(26-15-11-8-12-16-26)41(22-25-13-9-7-10-14-25)32-38-30(35)37-31(39-32)36-28(29(42)45-34(2,3)4)21-24-17-19-27(20-18-24)44-33(43)40(5)6/h7-20,23,28H,21-22H2,1-6H3,(H,36,37,38,39)/t23?,28-/m0/s1. The van der Waals surface area contributed by atoms with Gasteiger partial charge in [0.05, 0.1) is 6.04 Å². The molecule has 10 nitrogen and oxygen atoms in total. The fraction of sp³-hybridized carbons (Fsp3) is 0.324. The molecule has 11 heteroatoms. The summed E-state index contributed by atoms with van der Waals surface area (Å²) in [5.74, 6) is 0.394. The van der Waals surface area contributed by atoms with E-state index < -0.39 is 23.7 Å². The summed E-state index contributed by atoms with van der Waals surface area (Å²) >= 11 is 6.47. The van der Waals surface area contributed by atoms with Gasteiger partial charge in [0, 0.05) is 27.1 Å². The zero-order chi connectivity index (χ0) is 32.6. The van der Waals surface area contributed by atoms with E-state index >= 15 is 0 Å². The third-order valence-electron chi connectivity index (χ3n) is 6.73. The SMILES string of the molecule is CC(c1ccccc1)N(Cc1ccccc1)c1nc(Cl)nc(N[C@@H](Cc2ccc(OC(=O)N(C)C)cc2)C(=O)OC(C)(C)C)n1. The molecule has 0 aliphatic rings. The van der Waals surface area contributed by atoms with Crippen molar-refractivity contribution >= 4 is 35.6 Å². The molecule has 0 aliphatic heterocycles. The molecule has 4 aromatic rings. The first-order valence-corrected chi connectivity index (χ1v) is 15.0. The number of aromatic nitrogens is 3. The highest BCUT2D eigenvalue weighted by Gasteiger charge is 2.28. The predicted molar refractivity (Wildman–Crippen MR) is 175 cm³/mol. The lowest BCUT2D eigenvalue weighted by Gasteiger charge is -2.30. The predicted octanol–water partition coefficient (Wildman–Crippen LogP) is 6.72. The van der Waals surface area contributed by atoms with E-state index in [4.69, 9.17) is 26.1 Å². The van der Waals surface area contributed by atoms with Crippen LogP contribution in [0.3, 0.4) is 0 Å². The molecule has 236 valence electrons. The van der Waals surface area contributed by atoms with E-state index in [1.54, 1.807) is 59.1 Å². The van der Waals surface area contributed by atoms with Crippen LogP contribution < -0.4 is 15.0 Å². The number of benzene rings is 3. The van der Waals surface area contributed by atoms with Gasteiger partial charge in [-0.2, -0.15) is 15.0 Å². The number of esters is 1. The third-order valence-corrected chi connectivity index (χ3v) is 6.90. The van der Waals surface area contributed by atoms with Gasteiger partial charge in [-0.25, -0.2) is 9.59 Å². The number of nitrogens with one attached hydrogen (secondary N) is 1. The molecule has 0 saturated carbocycles. The number of anilines is 2. The lowest BCUT2D eigenvalue weighted by atomic mass is 10.1. The first-order chi connectivity index (χ1) is 21.4. The van der Waals surface area contributed by atoms with Crippen molar-refractivity contribution in [1.82, 2.24) is 19.9 Å². The van der Waals surface area contributed by atoms with Crippen LogP contribution in [0.5, 0.6) is 5.75 Å². The molecule has 4 rings (SSSR count). The van der Waals surface area contributed by atoms with Crippen LogP contribution in [0.15, 0.2) is 84.9 Å². The highest BCUT2D eigenvalue weighted by molar-refractivity contribution is 6.28. The molecule has 0 fully saturated rings. The van der Waals surface area contributed by atoms with Gasteiger partial charge in [0.1, 0.15) is 17.4 Å². The highest BCUT2D eigenvalue weighted by atomic mass is 35.5. The van der Waals surface area contributed by atoms with Gasteiger partial charge < -0.3 is 24.6 Å². The van der Waals surface area contributed by atoms with Crippen LogP contribution >= 0.6 is 11.6 Å². The summed E-state index contributed by atoms with van der Waals surface area (Å²) < 4.78 is 11.1. The number of amides is 1. The van der Waals surface area contributed by atoms with Crippen molar-refractivity contribution < 1.29 is 19.1 Å². The van der Waals surface area contributed by atoms with Gasteiger partial charge >= 0.3 is 12.1 Å². The second kappa shape index (κ2) is 14.9. The van der Waals surface area contributed by atoms with Gasteiger partial charge in [-0.3, -0.25) is 0 Å². The average Bonchev–Trinajstić information content (AvgIpc) is 3.00. The molecule has 45 heavy (non-hydrogen) atoms. The monoisotopic (exact) mass is 630 g/mol. The fourth-order valence-electron chi connectivity index (χ4n) is 4.45. The van der Waals surface area contributed by atoms with Gasteiger partial charge in [0.25, 0.3) is 0 Å². The summed E-state index contributed by atoms with van der Waals surface area (Å²) in [4.78, 5) is 42.3. The van der Waals surface area contributed by atoms with E-state index in [0.717, 1.165) is 16.7 Å². The van der Waals surface area contributed by atoms with Crippen molar-refractivity contribution in [1.29, 1.82) is 0 Å². The molecule has 1 heterocycles. The van der Waals surface area contributed by atoms with Gasteiger partial charge in [-0.05, 0) is 68.1 Å². The van der Waals surface area contributed by atoms with Crippen LogP contribution in [0.25, 0.3) is 0 Å². The van der Waals surface area contributed by atoms with Crippen molar-refractivity contribution in [3.8, 4) is 5.75 Å². The van der Waals surface area contributed by atoms with Crippen LogP contribution in [0.2, 0.25) is 5.28 Å². The molecular weight excluding hydrogens is 592 g/mol. The van der Waals surface area contributed by atoms with Crippen LogP contribution in [-0.2, 0) is 22.5 Å². The van der Waals surface area contributed by atoms with Crippen molar-refractivity contribution in [2.24, 2.45) is 0 Å². The van der Waals surface area contributed by atoms with Gasteiger partial charge in [0.2, 0.25) is 17.2 Å². The van der Waals surface area contributed by atoms with Crippen LogP contribution in [0.1, 0.15) is 50.4 Å². The maximum atomic E-state index is 13.4. The van der Waals surface area contributed by atoms with Crippen molar-refractivity contribution in [3.05, 3.63) is 107 Å². The van der Waals surface area contributed by atoms with E-state index in [2.05, 4.69) is 34.3 Å². The Labute approximate surface area is 269 Å². The van der Waals surface area contributed by atoms with E-state index in [0.29, 0.717) is 18.2 Å². The number of ether oxygens (including phenoxy) is 2. The van der Waals surface area contributed by atoms with E-state index in [1.807, 2.05) is 53.4 Å². The largest absolute Gasteiger partial charge is 0.458 e. The Hall–Kier alpha value is -4.70. The molecule has 1 amide bonds. The molecule has 2 atom stereocenters. The number of hydrogen-bond acceptors (Lipinski definition) is 9. The quantitative estimate of drug-likeness (QED) is 0.181. The minimum atomic E-state index is -0.861. The van der Waals surface area contributed by atoms with Crippen LogP contribution in [-0.4, -0.2) is 57.7 Å². The minimum absolute atomic E-state index is 0.0178. The fourth-order valence-corrected chi connectivity index (χ4v) is 4.60. The maximum Gasteiger partial charge on any atom is 0.414 e. The number of hydrogen-bond donors (Lipinski definition) is 1. The Balaban J connectivity index is 1.64. The summed E-state index contributed by atoms with van der Waals surface area (Å²) in [6.07, 6.45) is -0.245. The van der Waals surface area contributed by atoms with Gasteiger partial charge in [-0.1, -0.05) is 72.8 Å². The summed E-state index contributed by atoms with van der Waals surface area (Å²) in [5, 5.41) is 3.13. The molecule has 0 saturated heterocycles. The Kier molecular flexibility index (Phi) is 11.0. The van der Waals surface area contributed by atoms with E-state index in [-0.39, 0.29) is 23.7 Å². The smallest absolute Gasteiger partial charge is 0.414 e.